The molecular formula is C10H14O. The Morgan fingerprint density at radius 2 is 2.27 bits per heavy atom. The highest BCUT2D eigenvalue weighted by Crippen LogP contribution is 2.31. The fourth-order valence-electron chi connectivity index (χ4n) is 1.09. The van der Waals surface area contributed by atoms with Crippen molar-refractivity contribution in [3.8, 4) is 11.8 Å². The molecule has 0 heterocycles. The van der Waals surface area contributed by atoms with Crippen molar-refractivity contribution in [2.75, 3.05) is 0 Å². The molecule has 0 amide bonds. The second-order valence-electron chi connectivity index (χ2n) is 3.02. The highest BCUT2D eigenvalue weighted by atomic mass is 16.1. The molecule has 0 N–H and O–H groups in total. The van der Waals surface area contributed by atoms with E-state index in [1.807, 2.05) is 6.92 Å². The highest BCUT2D eigenvalue weighted by Gasteiger charge is 2.28. The van der Waals surface area contributed by atoms with Gasteiger partial charge in [0.1, 0.15) is 5.78 Å². The molecule has 0 aromatic heterocycles. The molecule has 60 valence electrons. The molecule has 1 saturated carbocycles. The Morgan fingerprint density at radius 1 is 1.55 bits per heavy atom. The first-order valence-corrected chi connectivity index (χ1v) is 4.27. The van der Waals surface area contributed by atoms with Crippen LogP contribution in [0.2, 0.25) is 0 Å². The van der Waals surface area contributed by atoms with Crippen LogP contribution in [0.25, 0.3) is 0 Å². The number of ketones is 1. The standard InChI is InChI=1S/C10H14O/c1-2-3-4-5-6-10(11)9-7-8-9/h9H,4-8H2,1H3. The summed E-state index contributed by atoms with van der Waals surface area (Å²) in [5, 5.41) is 0. The van der Waals surface area contributed by atoms with E-state index in [9.17, 15) is 4.79 Å². The topological polar surface area (TPSA) is 17.1 Å². The number of carbonyl (C=O) groups excluding carboxylic acids is 1. The summed E-state index contributed by atoms with van der Waals surface area (Å²) in [6, 6.07) is 0. The summed E-state index contributed by atoms with van der Waals surface area (Å²) in [5.74, 6) is 6.68. The molecule has 0 atom stereocenters. The lowest BCUT2D eigenvalue weighted by atomic mass is 10.1. The SMILES string of the molecule is CC#CCCCC(=O)C1CC1. The molecule has 0 aromatic carbocycles. The fourth-order valence-corrected chi connectivity index (χ4v) is 1.09. The van der Waals surface area contributed by atoms with Gasteiger partial charge in [-0.25, -0.2) is 0 Å². The van der Waals surface area contributed by atoms with Crippen molar-refractivity contribution in [1.82, 2.24) is 0 Å². The molecule has 0 aromatic rings. The van der Waals surface area contributed by atoms with Gasteiger partial charge in [-0.1, -0.05) is 0 Å². The van der Waals surface area contributed by atoms with E-state index >= 15 is 0 Å². The fraction of sp³-hybridized carbons (Fsp3) is 0.700. The molecule has 0 aliphatic heterocycles. The lowest BCUT2D eigenvalue weighted by molar-refractivity contribution is -0.120. The van der Waals surface area contributed by atoms with Crippen LogP contribution in [-0.2, 0) is 4.79 Å². The Kier molecular flexibility index (Phi) is 3.16. The van der Waals surface area contributed by atoms with Crippen molar-refractivity contribution in [1.29, 1.82) is 0 Å². The lowest BCUT2D eigenvalue weighted by Crippen LogP contribution is -1.98. The van der Waals surface area contributed by atoms with Gasteiger partial charge >= 0.3 is 0 Å². The normalized spacial score (nSPS) is 15.4. The van der Waals surface area contributed by atoms with Crippen LogP contribution in [0.4, 0.5) is 0 Å². The monoisotopic (exact) mass is 150 g/mol. The van der Waals surface area contributed by atoms with Gasteiger partial charge in [0.2, 0.25) is 0 Å². The van der Waals surface area contributed by atoms with Crippen molar-refractivity contribution < 1.29 is 4.79 Å². The number of hydrogen-bond donors (Lipinski definition) is 0. The van der Waals surface area contributed by atoms with Crippen LogP contribution in [0.1, 0.15) is 39.0 Å². The van der Waals surface area contributed by atoms with Crippen molar-refractivity contribution in [3.63, 3.8) is 0 Å². The Bertz CT molecular complexity index is 191. The summed E-state index contributed by atoms with van der Waals surface area (Å²) in [4.78, 5) is 11.1. The minimum absolute atomic E-state index is 0.435. The number of Topliss-reactive ketones (excluding diaryl/α,β-unsaturated/α-hetero) is 1. The third-order valence-electron chi connectivity index (χ3n) is 1.93. The zero-order valence-electron chi connectivity index (χ0n) is 7.02. The van der Waals surface area contributed by atoms with Crippen molar-refractivity contribution in [3.05, 3.63) is 0 Å². The summed E-state index contributed by atoms with van der Waals surface area (Å²) in [6.07, 6.45) is 4.86. The molecule has 0 radical (unpaired) electrons. The van der Waals surface area contributed by atoms with Gasteiger partial charge in [0, 0.05) is 18.8 Å². The molecule has 0 unspecified atom stereocenters. The van der Waals surface area contributed by atoms with Gasteiger partial charge in [0.15, 0.2) is 0 Å². The van der Waals surface area contributed by atoms with E-state index in [1.54, 1.807) is 0 Å². The van der Waals surface area contributed by atoms with E-state index in [1.165, 1.54) is 0 Å². The molecule has 1 heteroatoms. The third-order valence-corrected chi connectivity index (χ3v) is 1.93. The molecule has 1 fully saturated rings. The van der Waals surface area contributed by atoms with Gasteiger partial charge in [-0.3, -0.25) is 4.79 Å². The maximum absolute atomic E-state index is 11.1. The van der Waals surface area contributed by atoms with Crippen LogP contribution in [0.15, 0.2) is 0 Å². The highest BCUT2D eigenvalue weighted by molar-refractivity contribution is 5.83. The average Bonchev–Trinajstić information content (AvgIpc) is 2.79. The molecule has 1 aliphatic rings. The van der Waals surface area contributed by atoms with Crippen LogP contribution >= 0.6 is 0 Å². The van der Waals surface area contributed by atoms with Crippen LogP contribution in [0.3, 0.4) is 0 Å². The number of unbranched alkanes of at least 4 members (excludes halogenated alkanes) is 1. The predicted molar refractivity (Wildman–Crippen MR) is 45.0 cm³/mol. The summed E-state index contributed by atoms with van der Waals surface area (Å²) >= 11 is 0. The first-order valence-electron chi connectivity index (χ1n) is 4.27. The van der Waals surface area contributed by atoms with E-state index in [0.29, 0.717) is 11.7 Å². The van der Waals surface area contributed by atoms with Crippen molar-refractivity contribution >= 4 is 5.78 Å². The zero-order chi connectivity index (χ0) is 8.10. The number of carbonyl (C=O) groups is 1. The second kappa shape index (κ2) is 4.18. The minimum atomic E-state index is 0.435. The predicted octanol–water partition coefficient (Wildman–Crippen LogP) is 2.16. The average molecular weight is 150 g/mol. The quantitative estimate of drug-likeness (QED) is 0.443. The Labute approximate surface area is 68.2 Å². The van der Waals surface area contributed by atoms with Crippen LogP contribution < -0.4 is 0 Å². The lowest BCUT2D eigenvalue weighted by Gasteiger charge is -1.93. The molecule has 1 aliphatic carbocycles. The van der Waals surface area contributed by atoms with E-state index in [0.717, 1.165) is 32.1 Å². The van der Waals surface area contributed by atoms with Crippen LogP contribution in [0.5, 0.6) is 0 Å². The summed E-state index contributed by atoms with van der Waals surface area (Å²) < 4.78 is 0. The molecule has 1 nitrogen and oxygen atoms in total. The summed E-state index contributed by atoms with van der Waals surface area (Å²) in [7, 11) is 0. The van der Waals surface area contributed by atoms with E-state index < -0.39 is 0 Å². The number of rotatable bonds is 4. The van der Waals surface area contributed by atoms with Gasteiger partial charge in [0.05, 0.1) is 0 Å². The molecule has 1 rings (SSSR count). The molecule has 11 heavy (non-hydrogen) atoms. The van der Waals surface area contributed by atoms with Gasteiger partial charge < -0.3 is 0 Å². The summed E-state index contributed by atoms with van der Waals surface area (Å²) in [5.41, 5.74) is 0. The molecular weight excluding hydrogens is 136 g/mol. The maximum Gasteiger partial charge on any atom is 0.136 e. The Hall–Kier alpha value is -0.770. The van der Waals surface area contributed by atoms with Gasteiger partial charge in [0.25, 0.3) is 0 Å². The van der Waals surface area contributed by atoms with Crippen LogP contribution in [0, 0.1) is 17.8 Å². The van der Waals surface area contributed by atoms with Gasteiger partial charge in [-0.15, -0.1) is 11.8 Å². The smallest absolute Gasteiger partial charge is 0.136 e. The first-order chi connectivity index (χ1) is 5.34. The van der Waals surface area contributed by atoms with Gasteiger partial charge in [-0.05, 0) is 26.2 Å². The summed E-state index contributed by atoms with van der Waals surface area (Å²) in [6.45, 7) is 1.84. The Balaban J connectivity index is 2.00. The van der Waals surface area contributed by atoms with Gasteiger partial charge in [-0.2, -0.15) is 0 Å². The van der Waals surface area contributed by atoms with E-state index in [4.69, 9.17) is 0 Å². The number of hydrogen-bond acceptors (Lipinski definition) is 1. The largest absolute Gasteiger partial charge is 0.299 e. The minimum Gasteiger partial charge on any atom is -0.299 e. The van der Waals surface area contributed by atoms with Crippen molar-refractivity contribution in [2.45, 2.75) is 39.0 Å². The third kappa shape index (κ3) is 3.23. The van der Waals surface area contributed by atoms with Crippen LogP contribution in [-0.4, -0.2) is 5.78 Å². The van der Waals surface area contributed by atoms with Crippen molar-refractivity contribution in [2.24, 2.45) is 5.92 Å². The van der Waals surface area contributed by atoms with E-state index in [-0.39, 0.29) is 0 Å². The van der Waals surface area contributed by atoms with E-state index in [2.05, 4.69) is 11.8 Å². The first kappa shape index (κ1) is 8.33. The molecule has 0 spiro atoms. The second-order valence-corrected chi connectivity index (χ2v) is 3.02. The molecule has 0 bridgehead atoms. The Morgan fingerprint density at radius 3 is 2.82 bits per heavy atom. The zero-order valence-corrected chi connectivity index (χ0v) is 7.02. The maximum atomic E-state index is 11.1. The molecule has 0 saturated heterocycles.